The highest BCUT2D eigenvalue weighted by Gasteiger charge is 2.61. The third kappa shape index (κ3) is 6.07. The number of carbonyl (C=O) groups is 1. The summed E-state index contributed by atoms with van der Waals surface area (Å²) in [6, 6.07) is 17.6. The van der Waals surface area contributed by atoms with Gasteiger partial charge in [0.1, 0.15) is 17.9 Å². The van der Waals surface area contributed by atoms with E-state index >= 15 is 0 Å². The number of rotatable bonds is 7. The van der Waals surface area contributed by atoms with Crippen LogP contribution in [0.3, 0.4) is 0 Å². The normalized spacial score (nSPS) is 17.1. The van der Waals surface area contributed by atoms with Crippen LogP contribution in [0.25, 0.3) is 22.4 Å². The van der Waals surface area contributed by atoms with E-state index in [0.29, 0.717) is 40.2 Å². The summed E-state index contributed by atoms with van der Waals surface area (Å²) in [5.74, 6) is -1.15. The number of benzene rings is 3. The summed E-state index contributed by atoms with van der Waals surface area (Å²) in [5.41, 5.74) is 1.52. The Morgan fingerprint density at radius 3 is 2.36 bits per heavy atom. The van der Waals surface area contributed by atoms with Gasteiger partial charge in [0.05, 0.1) is 11.2 Å². The third-order valence-electron chi connectivity index (χ3n) is 6.52. The Kier molecular flexibility index (Phi) is 7.40. The third-order valence-corrected chi connectivity index (χ3v) is 6.52. The minimum absolute atomic E-state index is 0.304. The molecule has 0 radical (unpaired) electrons. The fourth-order valence-electron chi connectivity index (χ4n) is 4.22. The van der Waals surface area contributed by atoms with Crippen molar-refractivity contribution < 1.29 is 35.9 Å². The van der Waals surface area contributed by atoms with Gasteiger partial charge in [-0.05, 0) is 61.4 Å². The molecule has 3 aromatic carbocycles. The highest BCUT2D eigenvalue weighted by molar-refractivity contribution is 5.96. The lowest BCUT2D eigenvalue weighted by atomic mass is 9.89. The van der Waals surface area contributed by atoms with E-state index < -0.39 is 29.4 Å². The molecule has 0 saturated carbocycles. The first-order valence-electron chi connectivity index (χ1n) is 12.6. The van der Waals surface area contributed by atoms with E-state index in [9.17, 15) is 31.1 Å². The van der Waals surface area contributed by atoms with Crippen molar-refractivity contribution in [3.63, 3.8) is 0 Å². The molecule has 1 aromatic heterocycles. The maximum absolute atomic E-state index is 14.4. The molecule has 1 aliphatic rings. The van der Waals surface area contributed by atoms with E-state index in [0.717, 1.165) is 12.1 Å². The molecule has 0 bridgehead atoms. The standard InChI is InChI=1S/C30H22F6N4O2/c1-28(38-27(41)21-7-12-25(31)24(17-21)19-5-3-2-4-6-19)15-13-20(14-16-28)26-37-18-40(39-26)22-8-10-23(11-9-22)42-30(35,36)29(32,33)34/h2-15,17-18H,16H2,1H3,(H,38,41). The lowest BCUT2D eigenvalue weighted by Crippen LogP contribution is -2.44. The lowest BCUT2D eigenvalue weighted by Gasteiger charge is -2.29. The fourth-order valence-corrected chi connectivity index (χ4v) is 4.22. The van der Waals surface area contributed by atoms with Crippen LogP contribution in [0.5, 0.6) is 5.75 Å². The minimum atomic E-state index is -5.85. The van der Waals surface area contributed by atoms with Gasteiger partial charge in [-0.1, -0.05) is 48.6 Å². The predicted molar refractivity (Wildman–Crippen MR) is 142 cm³/mol. The Balaban J connectivity index is 1.24. The zero-order valence-electron chi connectivity index (χ0n) is 21.9. The van der Waals surface area contributed by atoms with Crippen LogP contribution in [-0.4, -0.2) is 38.5 Å². The van der Waals surface area contributed by atoms with Crippen molar-refractivity contribution in [2.75, 3.05) is 0 Å². The van der Waals surface area contributed by atoms with Crippen LogP contribution in [0.2, 0.25) is 0 Å². The van der Waals surface area contributed by atoms with Crippen molar-refractivity contribution in [1.29, 1.82) is 0 Å². The van der Waals surface area contributed by atoms with Crippen LogP contribution in [0, 0.1) is 5.82 Å². The van der Waals surface area contributed by atoms with Crippen molar-refractivity contribution >= 4 is 11.5 Å². The number of alkyl halides is 5. The van der Waals surface area contributed by atoms with Gasteiger partial charge >= 0.3 is 12.3 Å². The summed E-state index contributed by atoms with van der Waals surface area (Å²) in [4.78, 5) is 17.3. The van der Waals surface area contributed by atoms with Crippen molar-refractivity contribution in [2.24, 2.45) is 0 Å². The number of amides is 1. The van der Waals surface area contributed by atoms with Gasteiger partial charge in [-0.3, -0.25) is 4.79 Å². The number of ether oxygens (including phenoxy) is 1. The highest BCUT2D eigenvalue weighted by atomic mass is 19.4. The number of carbonyl (C=O) groups excluding carboxylic acids is 1. The van der Waals surface area contributed by atoms with Gasteiger partial charge < -0.3 is 10.1 Å². The molecule has 5 rings (SSSR count). The molecule has 0 aliphatic heterocycles. The van der Waals surface area contributed by atoms with Crippen molar-refractivity contribution in [1.82, 2.24) is 20.1 Å². The van der Waals surface area contributed by atoms with E-state index in [1.54, 1.807) is 36.4 Å². The smallest absolute Gasteiger partial charge is 0.426 e. The first-order valence-corrected chi connectivity index (χ1v) is 12.6. The molecule has 0 fully saturated rings. The molecule has 42 heavy (non-hydrogen) atoms. The van der Waals surface area contributed by atoms with Crippen LogP contribution >= 0.6 is 0 Å². The number of hydrogen-bond donors (Lipinski definition) is 1. The van der Waals surface area contributed by atoms with Crippen LogP contribution in [0.4, 0.5) is 26.3 Å². The van der Waals surface area contributed by atoms with Crippen molar-refractivity contribution in [2.45, 2.75) is 31.2 Å². The number of aromatic nitrogens is 3. The van der Waals surface area contributed by atoms with Gasteiger partial charge in [0, 0.05) is 16.7 Å². The highest BCUT2D eigenvalue weighted by Crippen LogP contribution is 2.37. The van der Waals surface area contributed by atoms with Crippen LogP contribution in [-0.2, 0) is 0 Å². The quantitative estimate of drug-likeness (QED) is 0.235. The Morgan fingerprint density at radius 2 is 1.71 bits per heavy atom. The first kappa shape index (κ1) is 28.7. The molecule has 0 spiro atoms. The Labute approximate surface area is 236 Å². The van der Waals surface area contributed by atoms with Crippen molar-refractivity contribution in [3.05, 3.63) is 115 Å². The number of nitrogens with one attached hydrogen (secondary N) is 1. The first-order chi connectivity index (χ1) is 19.8. The molecule has 1 amide bonds. The molecule has 1 heterocycles. The second kappa shape index (κ2) is 10.8. The van der Waals surface area contributed by atoms with E-state index in [1.807, 2.05) is 19.1 Å². The molecule has 12 heteroatoms. The molecule has 4 aromatic rings. The van der Waals surface area contributed by atoms with Crippen molar-refractivity contribution in [3.8, 4) is 22.6 Å². The second-order valence-corrected chi connectivity index (χ2v) is 9.75. The average Bonchev–Trinajstić information content (AvgIpc) is 3.44. The summed E-state index contributed by atoms with van der Waals surface area (Å²) in [6.45, 7) is 1.83. The summed E-state index contributed by atoms with van der Waals surface area (Å²) in [5, 5.41) is 7.31. The van der Waals surface area contributed by atoms with E-state index in [4.69, 9.17) is 0 Å². The average molecular weight is 585 g/mol. The molecular weight excluding hydrogens is 562 g/mol. The Hall–Kier alpha value is -4.87. The monoisotopic (exact) mass is 584 g/mol. The largest absolute Gasteiger partial charge is 0.499 e. The lowest BCUT2D eigenvalue weighted by molar-refractivity contribution is -0.360. The van der Waals surface area contributed by atoms with Crippen LogP contribution < -0.4 is 10.1 Å². The van der Waals surface area contributed by atoms with E-state index in [-0.39, 0.29) is 5.91 Å². The Morgan fingerprint density at radius 1 is 1.00 bits per heavy atom. The molecular formula is C30H22F6N4O2. The van der Waals surface area contributed by atoms with Gasteiger partial charge in [0.25, 0.3) is 5.91 Å². The topological polar surface area (TPSA) is 69.0 Å². The molecule has 6 nitrogen and oxygen atoms in total. The van der Waals surface area contributed by atoms with Gasteiger partial charge in [0.2, 0.25) is 0 Å². The van der Waals surface area contributed by atoms with Gasteiger partial charge in [-0.2, -0.15) is 22.0 Å². The predicted octanol–water partition coefficient (Wildman–Crippen LogP) is 7.14. The summed E-state index contributed by atoms with van der Waals surface area (Å²) >= 11 is 0. The second-order valence-electron chi connectivity index (χ2n) is 9.75. The SMILES string of the molecule is CC1(NC(=O)c2ccc(F)c(-c3ccccc3)c2)C=CC(c2ncn(-c3ccc(OC(F)(F)C(F)(F)F)cc3)n2)=CC1. The molecule has 1 atom stereocenters. The molecule has 0 saturated heterocycles. The van der Waals surface area contributed by atoms with Gasteiger partial charge in [-0.15, -0.1) is 5.10 Å². The number of allylic oxidation sites excluding steroid dienone is 2. The Bertz CT molecular complexity index is 1660. The maximum atomic E-state index is 14.4. The van der Waals surface area contributed by atoms with Crippen LogP contribution in [0.1, 0.15) is 29.5 Å². The zero-order chi connectivity index (χ0) is 30.1. The molecule has 216 valence electrons. The maximum Gasteiger partial charge on any atom is 0.499 e. The van der Waals surface area contributed by atoms with Gasteiger partial charge in [0.15, 0.2) is 5.82 Å². The summed E-state index contributed by atoms with van der Waals surface area (Å²) < 4.78 is 83.0. The van der Waals surface area contributed by atoms with Crippen LogP contribution in [0.15, 0.2) is 97.4 Å². The molecule has 1 N–H and O–H groups in total. The number of halogens is 6. The molecule has 1 aliphatic carbocycles. The summed E-state index contributed by atoms with van der Waals surface area (Å²) in [6.07, 6.45) is -4.07. The van der Waals surface area contributed by atoms with E-state index in [2.05, 4.69) is 20.1 Å². The van der Waals surface area contributed by atoms with E-state index in [1.165, 1.54) is 41.3 Å². The zero-order valence-corrected chi connectivity index (χ0v) is 21.9. The summed E-state index contributed by atoms with van der Waals surface area (Å²) in [7, 11) is 0. The molecule has 1 unspecified atom stereocenters. The number of nitrogens with zero attached hydrogens (tertiary/aromatic N) is 3. The number of hydrogen-bond acceptors (Lipinski definition) is 4. The minimum Gasteiger partial charge on any atom is -0.426 e. The van der Waals surface area contributed by atoms with Gasteiger partial charge in [-0.25, -0.2) is 14.1 Å². The fraction of sp³-hybridized carbons (Fsp3) is 0.167.